The van der Waals surface area contributed by atoms with Crippen LogP contribution in [0.15, 0.2) is 11.6 Å². The second kappa shape index (κ2) is 8.35. The van der Waals surface area contributed by atoms with Crippen molar-refractivity contribution in [3.8, 4) is 0 Å². The SMILES string of the molecule is CC[C@H](CC[C@@H](C)[C@H]1CC[C@H]2[C@@H]3CCC4=CCCC[C@]4(C)[C@H]3CC[C@]12C)C(C)C. The molecule has 4 rings (SSSR count). The van der Waals surface area contributed by atoms with Gasteiger partial charge >= 0.3 is 0 Å². The Morgan fingerprint density at radius 2 is 1.76 bits per heavy atom. The van der Waals surface area contributed by atoms with Gasteiger partial charge in [-0.1, -0.05) is 66.0 Å². The van der Waals surface area contributed by atoms with Gasteiger partial charge in [0.1, 0.15) is 0 Å². The highest BCUT2D eigenvalue weighted by Crippen LogP contribution is 2.67. The second-order valence-corrected chi connectivity index (χ2v) is 12.6. The normalized spacial score (nSPS) is 43.9. The summed E-state index contributed by atoms with van der Waals surface area (Å²) in [4.78, 5) is 0. The highest BCUT2D eigenvalue weighted by Gasteiger charge is 2.59. The van der Waals surface area contributed by atoms with Crippen LogP contribution in [0.3, 0.4) is 0 Å². The van der Waals surface area contributed by atoms with Gasteiger partial charge in [-0.2, -0.15) is 0 Å². The maximum atomic E-state index is 2.75. The Kier molecular flexibility index (Phi) is 6.32. The van der Waals surface area contributed by atoms with Crippen molar-refractivity contribution in [3.63, 3.8) is 0 Å². The standard InChI is InChI=1S/C29H50/c1-7-22(20(2)3)12-11-21(4)25-15-16-26-24-14-13-23-10-8-9-18-28(23,5)27(24)17-19-29(25,26)6/h10,20-22,24-27H,7-9,11-19H2,1-6H3/t21-,22-,24+,25-,26+,27+,28+,29-/m1/s1. The largest absolute Gasteiger partial charge is 0.0848 e. The molecule has 0 unspecified atom stereocenters. The van der Waals surface area contributed by atoms with Crippen LogP contribution in [0.25, 0.3) is 0 Å². The summed E-state index contributed by atoms with van der Waals surface area (Å²) in [6, 6.07) is 0. The molecule has 0 aliphatic heterocycles. The maximum Gasteiger partial charge on any atom is -0.00853 e. The molecule has 8 atom stereocenters. The van der Waals surface area contributed by atoms with Crippen molar-refractivity contribution in [2.24, 2.45) is 52.3 Å². The first-order chi connectivity index (χ1) is 13.8. The molecule has 4 aliphatic carbocycles. The Morgan fingerprint density at radius 3 is 2.48 bits per heavy atom. The monoisotopic (exact) mass is 398 g/mol. The van der Waals surface area contributed by atoms with Crippen LogP contribution >= 0.6 is 0 Å². The van der Waals surface area contributed by atoms with Gasteiger partial charge in [0.2, 0.25) is 0 Å². The molecule has 0 nitrogen and oxygen atoms in total. The van der Waals surface area contributed by atoms with Crippen LogP contribution in [-0.2, 0) is 0 Å². The molecular weight excluding hydrogens is 348 g/mol. The number of allylic oxidation sites excluding steroid dienone is 2. The molecule has 3 saturated carbocycles. The van der Waals surface area contributed by atoms with Crippen molar-refractivity contribution in [3.05, 3.63) is 11.6 Å². The predicted octanol–water partition coefficient (Wildman–Crippen LogP) is 9.05. The minimum absolute atomic E-state index is 0.567. The Hall–Kier alpha value is -0.260. The third-order valence-electron chi connectivity index (χ3n) is 11.2. The summed E-state index contributed by atoms with van der Waals surface area (Å²) in [6.45, 7) is 15.3. The fourth-order valence-electron chi connectivity index (χ4n) is 9.42. The molecule has 0 bridgehead atoms. The minimum atomic E-state index is 0.567. The number of hydrogen-bond acceptors (Lipinski definition) is 0. The topological polar surface area (TPSA) is 0 Å². The zero-order chi connectivity index (χ0) is 20.8. The molecule has 3 fully saturated rings. The van der Waals surface area contributed by atoms with Gasteiger partial charge in [-0.05, 0) is 116 Å². The highest BCUT2D eigenvalue weighted by atomic mass is 14.6. The lowest BCUT2D eigenvalue weighted by Gasteiger charge is -2.58. The first kappa shape index (κ1) is 22.0. The average Bonchev–Trinajstić information content (AvgIpc) is 3.05. The van der Waals surface area contributed by atoms with Crippen molar-refractivity contribution in [1.82, 2.24) is 0 Å². The molecule has 166 valence electrons. The third kappa shape index (κ3) is 3.67. The van der Waals surface area contributed by atoms with Gasteiger partial charge in [0, 0.05) is 0 Å². The van der Waals surface area contributed by atoms with Gasteiger partial charge in [-0.15, -0.1) is 0 Å². The zero-order valence-corrected chi connectivity index (χ0v) is 20.6. The summed E-state index contributed by atoms with van der Waals surface area (Å²) in [5, 5.41) is 0. The predicted molar refractivity (Wildman–Crippen MR) is 127 cm³/mol. The van der Waals surface area contributed by atoms with E-state index in [4.69, 9.17) is 0 Å². The molecule has 0 aromatic heterocycles. The van der Waals surface area contributed by atoms with Crippen LogP contribution < -0.4 is 0 Å². The average molecular weight is 399 g/mol. The fourth-order valence-corrected chi connectivity index (χ4v) is 9.42. The van der Waals surface area contributed by atoms with Crippen molar-refractivity contribution in [1.29, 1.82) is 0 Å². The van der Waals surface area contributed by atoms with E-state index < -0.39 is 0 Å². The Morgan fingerprint density at radius 1 is 0.966 bits per heavy atom. The molecule has 0 radical (unpaired) electrons. The van der Waals surface area contributed by atoms with E-state index in [9.17, 15) is 0 Å². The molecule has 0 amide bonds. The fraction of sp³-hybridized carbons (Fsp3) is 0.931. The summed E-state index contributed by atoms with van der Waals surface area (Å²) in [6.07, 6.45) is 20.3. The van der Waals surface area contributed by atoms with Gasteiger partial charge in [0.05, 0.1) is 0 Å². The molecule has 0 spiro atoms. The lowest BCUT2D eigenvalue weighted by atomic mass is 9.46. The van der Waals surface area contributed by atoms with Crippen molar-refractivity contribution >= 4 is 0 Å². The van der Waals surface area contributed by atoms with Crippen LogP contribution in [0.1, 0.15) is 119 Å². The van der Waals surface area contributed by atoms with E-state index in [1.165, 1.54) is 70.6 Å². The molecule has 0 saturated heterocycles. The van der Waals surface area contributed by atoms with E-state index >= 15 is 0 Å². The molecule has 0 aromatic carbocycles. The molecule has 0 N–H and O–H groups in total. The van der Waals surface area contributed by atoms with Crippen LogP contribution in [0.5, 0.6) is 0 Å². The summed E-state index contributed by atoms with van der Waals surface area (Å²) >= 11 is 0. The van der Waals surface area contributed by atoms with Crippen molar-refractivity contribution < 1.29 is 0 Å². The Balaban J connectivity index is 1.46. The van der Waals surface area contributed by atoms with Crippen LogP contribution in [0, 0.1) is 52.3 Å². The maximum absolute atomic E-state index is 2.75. The van der Waals surface area contributed by atoms with Crippen LogP contribution in [0.4, 0.5) is 0 Å². The zero-order valence-electron chi connectivity index (χ0n) is 20.6. The van der Waals surface area contributed by atoms with E-state index in [0.29, 0.717) is 10.8 Å². The second-order valence-electron chi connectivity index (χ2n) is 12.6. The van der Waals surface area contributed by atoms with Crippen LogP contribution in [-0.4, -0.2) is 0 Å². The lowest BCUT2D eigenvalue weighted by Crippen LogP contribution is -2.50. The summed E-state index contributed by atoms with van der Waals surface area (Å²) in [5.41, 5.74) is 3.08. The van der Waals surface area contributed by atoms with Gasteiger partial charge in [0.15, 0.2) is 0 Å². The molecular formula is C29H50. The van der Waals surface area contributed by atoms with Crippen molar-refractivity contribution in [2.45, 2.75) is 119 Å². The van der Waals surface area contributed by atoms with E-state index in [0.717, 1.165) is 41.4 Å². The van der Waals surface area contributed by atoms with E-state index in [1.54, 1.807) is 6.42 Å². The molecule has 4 aliphatic rings. The summed E-state index contributed by atoms with van der Waals surface area (Å²) in [5.74, 6) is 6.78. The molecule has 0 heterocycles. The number of fused-ring (bicyclic) bond motifs is 5. The Bertz CT molecular complexity index is 599. The first-order valence-electron chi connectivity index (χ1n) is 13.5. The molecule has 0 aromatic rings. The molecule has 29 heavy (non-hydrogen) atoms. The minimum Gasteiger partial charge on any atom is -0.0848 e. The first-order valence-corrected chi connectivity index (χ1v) is 13.5. The summed E-state index contributed by atoms with van der Waals surface area (Å²) < 4.78 is 0. The number of hydrogen-bond donors (Lipinski definition) is 0. The van der Waals surface area contributed by atoms with Crippen molar-refractivity contribution in [2.75, 3.05) is 0 Å². The van der Waals surface area contributed by atoms with E-state index in [2.05, 4.69) is 47.6 Å². The van der Waals surface area contributed by atoms with Gasteiger partial charge < -0.3 is 0 Å². The van der Waals surface area contributed by atoms with E-state index in [-0.39, 0.29) is 0 Å². The third-order valence-corrected chi connectivity index (χ3v) is 11.2. The molecule has 0 heteroatoms. The van der Waals surface area contributed by atoms with Crippen LogP contribution in [0.2, 0.25) is 0 Å². The van der Waals surface area contributed by atoms with Gasteiger partial charge in [-0.3, -0.25) is 0 Å². The number of rotatable bonds is 6. The Labute approximate surface area is 182 Å². The summed E-state index contributed by atoms with van der Waals surface area (Å²) in [7, 11) is 0. The quantitative estimate of drug-likeness (QED) is 0.391. The smallest absolute Gasteiger partial charge is 0.00853 e. The van der Waals surface area contributed by atoms with Gasteiger partial charge in [-0.25, -0.2) is 0 Å². The van der Waals surface area contributed by atoms with Gasteiger partial charge in [0.25, 0.3) is 0 Å². The van der Waals surface area contributed by atoms with E-state index in [1.807, 2.05) is 5.57 Å². The lowest BCUT2D eigenvalue weighted by molar-refractivity contribution is -0.0594. The highest BCUT2D eigenvalue weighted by molar-refractivity contribution is 5.23.